The highest BCUT2D eigenvalue weighted by atomic mass is 32.1. The van der Waals surface area contributed by atoms with Crippen LogP contribution in [0.3, 0.4) is 0 Å². The molecule has 0 amide bonds. The van der Waals surface area contributed by atoms with Crippen molar-refractivity contribution in [3.8, 4) is 5.88 Å². The molecule has 0 spiro atoms. The second-order valence-corrected chi connectivity index (χ2v) is 6.14. The van der Waals surface area contributed by atoms with E-state index in [0.717, 1.165) is 26.2 Å². The number of rotatable bonds is 4. The van der Waals surface area contributed by atoms with Crippen LogP contribution in [-0.2, 0) is 6.54 Å². The Bertz CT molecular complexity index is 599. The van der Waals surface area contributed by atoms with Gasteiger partial charge in [0.2, 0.25) is 11.8 Å². The van der Waals surface area contributed by atoms with Crippen molar-refractivity contribution in [3.05, 3.63) is 22.7 Å². The number of likely N-dealkylation sites (N-methyl/N-ethyl adjacent to an activating group) is 1. The first kappa shape index (κ1) is 14.4. The normalized spacial score (nSPS) is 20.8. The quantitative estimate of drug-likeness (QED) is 0.844. The van der Waals surface area contributed by atoms with E-state index in [1.165, 1.54) is 16.4 Å². The van der Waals surface area contributed by atoms with Gasteiger partial charge in [0.15, 0.2) is 5.82 Å². The molecular weight excluding hydrogens is 290 g/mol. The highest BCUT2D eigenvalue weighted by molar-refractivity contribution is 7.05. The van der Waals surface area contributed by atoms with Gasteiger partial charge >= 0.3 is 0 Å². The average Bonchev–Trinajstić information content (AvgIpc) is 3.10. The van der Waals surface area contributed by atoms with E-state index >= 15 is 0 Å². The third-order valence-electron chi connectivity index (χ3n) is 3.69. The first-order valence-electron chi connectivity index (χ1n) is 6.88. The van der Waals surface area contributed by atoms with Crippen molar-refractivity contribution in [2.24, 2.45) is 0 Å². The first-order valence-corrected chi connectivity index (χ1v) is 7.65. The van der Waals surface area contributed by atoms with Gasteiger partial charge in [0.05, 0.1) is 7.11 Å². The van der Waals surface area contributed by atoms with Crippen LogP contribution in [0.1, 0.15) is 22.6 Å². The molecule has 114 valence electrons. The Morgan fingerprint density at radius 1 is 1.48 bits per heavy atom. The second-order valence-electron chi connectivity index (χ2n) is 5.25. The smallest absolute Gasteiger partial charge is 0.245 e. The van der Waals surface area contributed by atoms with Crippen LogP contribution in [0.5, 0.6) is 5.88 Å². The van der Waals surface area contributed by atoms with E-state index in [9.17, 15) is 0 Å². The molecule has 3 heterocycles. The maximum Gasteiger partial charge on any atom is 0.245 e. The fraction of sp³-hybridized carbons (Fsp3) is 0.615. The minimum Gasteiger partial charge on any atom is -0.480 e. The summed E-state index contributed by atoms with van der Waals surface area (Å²) in [5.74, 6) is 2.07. The lowest BCUT2D eigenvalue weighted by molar-refractivity contribution is 0.0720. The monoisotopic (exact) mass is 309 g/mol. The molecular formula is C13H19N5O2S. The molecule has 0 aliphatic carbocycles. The zero-order chi connectivity index (χ0) is 14.8. The largest absolute Gasteiger partial charge is 0.480 e. The van der Waals surface area contributed by atoms with Crippen molar-refractivity contribution < 1.29 is 9.26 Å². The number of hydrogen-bond donors (Lipinski definition) is 0. The molecule has 1 fully saturated rings. The molecule has 2 aromatic heterocycles. The minimum atomic E-state index is 0.148. The molecule has 1 aliphatic rings. The summed E-state index contributed by atoms with van der Waals surface area (Å²) in [6.07, 6.45) is 0. The Morgan fingerprint density at radius 2 is 2.33 bits per heavy atom. The van der Waals surface area contributed by atoms with Crippen molar-refractivity contribution in [2.75, 3.05) is 33.8 Å². The number of aromatic nitrogens is 3. The summed E-state index contributed by atoms with van der Waals surface area (Å²) in [5, 5.41) is 3.89. The maximum atomic E-state index is 5.34. The Labute approximate surface area is 127 Å². The molecule has 0 aromatic carbocycles. The zero-order valence-corrected chi connectivity index (χ0v) is 13.3. The number of methoxy groups -OCH3 is 1. The molecule has 3 rings (SSSR count). The highest BCUT2D eigenvalue weighted by Crippen LogP contribution is 2.25. The van der Waals surface area contributed by atoms with E-state index in [0.29, 0.717) is 17.6 Å². The van der Waals surface area contributed by atoms with Gasteiger partial charge in [-0.25, -0.2) is 0 Å². The number of ether oxygens (including phenoxy) is 1. The minimum absolute atomic E-state index is 0.148. The SMILES string of the molecule is COc1cc(CN2CCN(C)C(c3nc(C)no3)C2)sn1. The molecule has 0 bridgehead atoms. The predicted octanol–water partition coefficient (Wildman–Crippen LogP) is 1.33. The molecule has 1 unspecified atom stereocenters. The summed E-state index contributed by atoms with van der Waals surface area (Å²) >= 11 is 1.49. The zero-order valence-electron chi connectivity index (χ0n) is 12.4. The molecule has 0 radical (unpaired) electrons. The molecule has 0 N–H and O–H groups in total. The number of hydrogen-bond acceptors (Lipinski definition) is 8. The fourth-order valence-corrected chi connectivity index (χ4v) is 3.20. The van der Waals surface area contributed by atoms with Crippen molar-refractivity contribution in [2.45, 2.75) is 19.5 Å². The first-order chi connectivity index (χ1) is 10.2. The van der Waals surface area contributed by atoms with Crippen molar-refractivity contribution in [3.63, 3.8) is 0 Å². The summed E-state index contributed by atoms with van der Waals surface area (Å²) in [6, 6.07) is 2.14. The van der Waals surface area contributed by atoms with Crippen LogP contribution >= 0.6 is 11.5 Å². The molecule has 8 heteroatoms. The van der Waals surface area contributed by atoms with Crippen molar-refractivity contribution in [1.29, 1.82) is 0 Å². The topological polar surface area (TPSA) is 67.5 Å². The van der Waals surface area contributed by atoms with Gasteiger partial charge in [-0.3, -0.25) is 9.80 Å². The number of aryl methyl sites for hydroxylation is 1. The lowest BCUT2D eigenvalue weighted by Gasteiger charge is -2.37. The molecule has 2 aromatic rings. The van der Waals surface area contributed by atoms with Crippen LogP contribution in [0.2, 0.25) is 0 Å². The molecule has 1 aliphatic heterocycles. The van der Waals surface area contributed by atoms with E-state index in [-0.39, 0.29) is 6.04 Å². The number of piperazine rings is 1. The molecule has 7 nitrogen and oxygen atoms in total. The van der Waals surface area contributed by atoms with Gasteiger partial charge < -0.3 is 9.26 Å². The van der Waals surface area contributed by atoms with E-state index in [2.05, 4.69) is 31.4 Å². The summed E-state index contributed by atoms with van der Waals surface area (Å²) in [7, 11) is 3.74. The Balaban J connectivity index is 1.67. The molecule has 1 saturated heterocycles. The van der Waals surface area contributed by atoms with Gasteiger partial charge in [-0.05, 0) is 25.5 Å². The lowest BCUT2D eigenvalue weighted by atomic mass is 10.1. The number of nitrogens with zero attached hydrogens (tertiary/aromatic N) is 5. The third kappa shape index (κ3) is 3.22. The Kier molecular flexibility index (Phi) is 4.18. The Hall–Kier alpha value is -1.51. The summed E-state index contributed by atoms with van der Waals surface area (Å²) in [6.45, 7) is 5.58. The van der Waals surface area contributed by atoms with Crippen LogP contribution in [0.4, 0.5) is 0 Å². The van der Waals surface area contributed by atoms with E-state index < -0.39 is 0 Å². The van der Waals surface area contributed by atoms with Crippen molar-refractivity contribution >= 4 is 11.5 Å². The van der Waals surface area contributed by atoms with Crippen LogP contribution in [0.15, 0.2) is 10.6 Å². The highest BCUT2D eigenvalue weighted by Gasteiger charge is 2.30. The second kappa shape index (κ2) is 6.08. The predicted molar refractivity (Wildman–Crippen MR) is 78.3 cm³/mol. The van der Waals surface area contributed by atoms with E-state index in [4.69, 9.17) is 9.26 Å². The van der Waals surface area contributed by atoms with Gasteiger partial charge in [0, 0.05) is 37.1 Å². The summed E-state index contributed by atoms with van der Waals surface area (Å²) in [5.41, 5.74) is 0. The van der Waals surface area contributed by atoms with Gasteiger partial charge in [-0.1, -0.05) is 5.16 Å². The molecule has 0 saturated carbocycles. The van der Waals surface area contributed by atoms with E-state index in [1.807, 2.05) is 13.0 Å². The average molecular weight is 309 g/mol. The molecule has 1 atom stereocenters. The standard InChI is InChI=1S/C13H19N5O2S/c1-9-14-13(20-15-9)11-8-18(5-4-17(11)2)7-10-6-12(19-3)16-21-10/h6,11H,4-5,7-8H2,1-3H3. The fourth-order valence-electron chi connectivity index (χ4n) is 2.47. The Morgan fingerprint density at radius 3 is 3.00 bits per heavy atom. The summed E-state index contributed by atoms with van der Waals surface area (Å²) in [4.78, 5) is 10.2. The molecule has 21 heavy (non-hydrogen) atoms. The third-order valence-corrected chi connectivity index (χ3v) is 4.44. The summed E-state index contributed by atoms with van der Waals surface area (Å²) < 4.78 is 14.7. The van der Waals surface area contributed by atoms with Gasteiger partial charge in [0.25, 0.3) is 0 Å². The van der Waals surface area contributed by atoms with Crippen LogP contribution in [0.25, 0.3) is 0 Å². The van der Waals surface area contributed by atoms with Gasteiger partial charge in [0.1, 0.15) is 6.04 Å². The van der Waals surface area contributed by atoms with Crippen molar-refractivity contribution in [1.82, 2.24) is 24.3 Å². The van der Waals surface area contributed by atoms with Gasteiger partial charge in [-0.15, -0.1) is 0 Å². The van der Waals surface area contributed by atoms with E-state index in [1.54, 1.807) is 7.11 Å². The van der Waals surface area contributed by atoms with Crippen LogP contribution in [-0.4, -0.2) is 58.1 Å². The van der Waals surface area contributed by atoms with Gasteiger partial charge in [-0.2, -0.15) is 9.36 Å². The maximum absolute atomic E-state index is 5.34. The lowest BCUT2D eigenvalue weighted by Crippen LogP contribution is -2.46. The van der Waals surface area contributed by atoms with Crippen LogP contribution in [0, 0.1) is 6.92 Å². The van der Waals surface area contributed by atoms with Crippen LogP contribution < -0.4 is 4.74 Å².